The number of carboxylic acids is 1. The van der Waals surface area contributed by atoms with Gasteiger partial charge in [0.05, 0.1) is 11.8 Å². The summed E-state index contributed by atoms with van der Waals surface area (Å²) in [6, 6.07) is 7.33. The van der Waals surface area contributed by atoms with Crippen LogP contribution in [0.3, 0.4) is 0 Å². The Kier molecular flexibility index (Phi) is 4.77. The monoisotopic (exact) mass is 278 g/mol. The van der Waals surface area contributed by atoms with E-state index in [2.05, 4.69) is 0 Å². The van der Waals surface area contributed by atoms with Crippen molar-refractivity contribution in [2.75, 3.05) is 0 Å². The van der Waals surface area contributed by atoms with Gasteiger partial charge in [-0.2, -0.15) is 0 Å². The van der Waals surface area contributed by atoms with E-state index in [1.807, 2.05) is 43.8 Å². The van der Waals surface area contributed by atoms with Crippen molar-refractivity contribution in [1.29, 1.82) is 0 Å². The van der Waals surface area contributed by atoms with Crippen molar-refractivity contribution in [3.63, 3.8) is 0 Å². The Bertz CT molecular complexity index is 499. The van der Waals surface area contributed by atoms with Crippen LogP contribution in [-0.2, 0) is 22.4 Å². The van der Waals surface area contributed by atoms with Gasteiger partial charge in [-0.3, -0.25) is 9.59 Å². The Hall–Kier alpha value is -1.84. The molecular formula is C16H23NO3. The number of hydrogen-bond acceptors (Lipinski definition) is 2. The molecular weight excluding hydrogens is 254 g/mol. The SMILES string of the molecule is [2H]NC(=O)Cc1ccc(CC(C)(CC(C)C)C(=O)O)cc1. The van der Waals surface area contributed by atoms with Gasteiger partial charge in [-0.05, 0) is 36.8 Å². The topological polar surface area (TPSA) is 80.4 Å². The van der Waals surface area contributed by atoms with Gasteiger partial charge >= 0.3 is 5.97 Å². The van der Waals surface area contributed by atoms with Gasteiger partial charge < -0.3 is 10.8 Å². The van der Waals surface area contributed by atoms with Gasteiger partial charge in [0.1, 0.15) is 0 Å². The van der Waals surface area contributed by atoms with Crippen LogP contribution in [0.5, 0.6) is 0 Å². The highest BCUT2D eigenvalue weighted by atomic mass is 16.4. The van der Waals surface area contributed by atoms with E-state index in [0.717, 1.165) is 11.1 Å². The molecule has 0 aliphatic heterocycles. The lowest BCUT2D eigenvalue weighted by Gasteiger charge is -2.27. The Morgan fingerprint density at radius 3 is 2.30 bits per heavy atom. The zero-order chi connectivity index (χ0) is 16.0. The molecule has 1 rings (SSSR count). The number of rotatable bonds is 7. The van der Waals surface area contributed by atoms with Crippen molar-refractivity contribution in [3.05, 3.63) is 35.4 Å². The molecule has 0 saturated carbocycles. The number of carbonyl (C=O) groups is 2. The summed E-state index contributed by atoms with van der Waals surface area (Å²) in [5.41, 5.74) is 2.80. The normalized spacial score (nSPS) is 14.5. The molecule has 0 aliphatic carbocycles. The minimum Gasteiger partial charge on any atom is -0.481 e. The first-order valence-electron chi connectivity index (χ1n) is 7.28. The maximum Gasteiger partial charge on any atom is 0.309 e. The number of aliphatic carboxylic acids is 1. The third kappa shape index (κ3) is 4.68. The van der Waals surface area contributed by atoms with E-state index >= 15 is 0 Å². The van der Waals surface area contributed by atoms with Crippen LogP contribution in [0.25, 0.3) is 0 Å². The quantitative estimate of drug-likeness (QED) is 0.803. The van der Waals surface area contributed by atoms with Crippen molar-refractivity contribution in [2.24, 2.45) is 17.1 Å². The molecule has 0 aliphatic rings. The fourth-order valence-corrected chi connectivity index (χ4v) is 2.55. The molecule has 0 heterocycles. The van der Waals surface area contributed by atoms with Gasteiger partial charge in [-0.25, -0.2) is 0 Å². The number of nitrogens with two attached hydrogens (primary N) is 1. The first-order chi connectivity index (χ1) is 9.76. The number of carboxylic acid groups (broad SMARTS) is 1. The van der Waals surface area contributed by atoms with E-state index in [0.29, 0.717) is 18.8 Å². The number of benzene rings is 1. The summed E-state index contributed by atoms with van der Waals surface area (Å²) in [4.78, 5) is 22.7. The second-order valence-electron chi connectivity index (χ2n) is 6.06. The summed E-state index contributed by atoms with van der Waals surface area (Å²) in [7, 11) is 0. The zero-order valence-electron chi connectivity index (χ0n) is 13.3. The average Bonchev–Trinajstić information content (AvgIpc) is 2.39. The van der Waals surface area contributed by atoms with Crippen molar-refractivity contribution in [1.82, 2.24) is 0 Å². The molecule has 1 unspecified atom stereocenters. The highest BCUT2D eigenvalue weighted by Crippen LogP contribution is 2.30. The Morgan fingerprint density at radius 1 is 1.30 bits per heavy atom. The summed E-state index contributed by atoms with van der Waals surface area (Å²) in [5.74, 6) is -0.835. The number of amides is 1. The third-order valence-electron chi connectivity index (χ3n) is 3.36. The van der Waals surface area contributed by atoms with Crippen molar-refractivity contribution in [2.45, 2.75) is 40.0 Å². The second kappa shape index (κ2) is 6.55. The lowest BCUT2D eigenvalue weighted by Crippen LogP contribution is -2.31. The summed E-state index contributed by atoms with van der Waals surface area (Å²) in [6.45, 7) is 5.81. The van der Waals surface area contributed by atoms with E-state index in [-0.39, 0.29) is 12.3 Å². The second-order valence-corrected chi connectivity index (χ2v) is 6.06. The molecule has 4 heteroatoms. The molecule has 1 amide bonds. The standard InChI is InChI=1S/C16H23NO3/c1-11(2)9-16(3,15(19)20)10-13-6-4-12(5-7-13)8-14(17)18/h4-7,11H,8-10H2,1-3H3,(H2,17,18)(H,19,20)/i/hD. The molecule has 1 aromatic rings. The number of carbonyl (C=O) groups excluding carboxylic acids is 1. The number of hydrogen-bond donors (Lipinski definition) is 2. The van der Waals surface area contributed by atoms with Crippen LogP contribution < -0.4 is 5.73 Å². The maximum absolute atomic E-state index is 11.5. The molecule has 1 atom stereocenters. The highest BCUT2D eigenvalue weighted by molar-refractivity contribution is 5.76. The lowest BCUT2D eigenvalue weighted by atomic mass is 9.77. The van der Waals surface area contributed by atoms with E-state index in [1.165, 1.54) is 0 Å². The van der Waals surface area contributed by atoms with Gasteiger partial charge in [0.2, 0.25) is 5.91 Å². The highest BCUT2D eigenvalue weighted by Gasteiger charge is 2.33. The molecule has 4 nitrogen and oxygen atoms in total. The number of primary amides is 1. The first kappa shape index (κ1) is 14.6. The minimum atomic E-state index is -0.783. The predicted molar refractivity (Wildman–Crippen MR) is 78.2 cm³/mol. The summed E-state index contributed by atoms with van der Waals surface area (Å²) in [6.07, 6.45) is 1.24. The Morgan fingerprint density at radius 2 is 1.85 bits per heavy atom. The smallest absolute Gasteiger partial charge is 0.309 e. The average molecular weight is 278 g/mol. The molecule has 0 radical (unpaired) electrons. The van der Waals surface area contributed by atoms with Gasteiger partial charge in [-0.15, -0.1) is 0 Å². The van der Waals surface area contributed by atoms with Crippen molar-refractivity contribution in [3.8, 4) is 0 Å². The molecule has 3 N–H and O–H groups in total. The van der Waals surface area contributed by atoms with Crippen LogP contribution in [0.4, 0.5) is 0 Å². The van der Waals surface area contributed by atoms with Gasteiger partial charge in [0, 0.05) is 0 Å². The molecule has 110 valence electrons. The van der Waals surface area contributed by atoms with Crippen LogP contribution in [0.1, 0.15) is 38.3 Å². The summed E-state index contributed by atoms with van der Waals surface area (Å²) >= 11 is 0. The Labute approximate surface area is 121 Å². The molecule has 0 fully saturated rings. The third-order valence-corrected chi connectivity index (χ3v) is 3.36. The van der Waals surface area contributed by atoms with Crippen LogP contribution >= 0.6 is 0 Å². The summed E-state index contributed by atoms with van der Waals surface area (Å²) in [5, 5.41) is 9.47. The zero-order valence-corrected chi connectivity index (χ0v) is 12.3. The fourth-order valence-electron chi connectivity index (χ4n) is 2.55. The van der Waals surface area contributed by atoms with Gasteiger partial charge in [0.15, 0.2) is 1.41 Å². The molecule has 0 spiro atoms. The molecule has 1 aromatic carbocycles. The molecule has 0 aromatic heterocycles. The van der Waals surface area contributed by atoms with Gasteiger partial charge in [-0.1, -0.05) is 38.1 Å². The largest absolute Gasteiger partial charge is 0.481 e. The molecule has 0 saturated heterocycles. The van der Waals surface area contributed by atoms with Crippen LogP contribution in [0.2, 0.25) is 1.41 Å². The van der Waals surface area contributed by atoms with Crippen LogP contribution in [0, 0.1) is 11.3 Å². The predicted octanol–water partition coefficient (Wildman–Crippen LogP) is 2.39. The maximum atomic E-state index is 11.5. The fraction of sp³-hybridized carbons (Fsp3) is 0.500. The molecule has 20 heavy (non-hydrogen) atoms. The van der Waals surface area contributed by atoms with Crippen LogP contribution in [0.15, 0.2) is 24.3 Å². The van der Waals surface area contributed by atoms with E-state index in [1.54, 1.807) is 6.92 Å². The minimum absolute atomic E-state index is 0.159. The van der Waals surface area contributed by atoms with Crippen molar-refractivity contribution < 1.29 is 16.1 Å². The summed E-state index contributed by atoms with van der Waals surface area (Å²) < 4.78 is 6.77. The van der Waals surface area contributed by atoms with E-state index in [4.69, 9.17) is 1.41 Å². The van der Waals surface area contributed by atoms with Crippen LogP contribution in [-0.4, -0.2) is 17.0 Å². The van der Waals surface area contributed by atoms with Gasteiger partial charge in [0.25, 0.3) is 0 Å². The lowest BCUT2D eigenvalue weighted by molar-refractivity contribution is -0.148. The Balaban J connectivity index is 2.81. The van der Waals surface area contributed by atoms with E-state index < -0.39 is 11.4 Å². The first-order valence-corrected chi connectivity index (χ1v) is 6.78. The van der Waals surface area contributed by atoms with E-state index in [9.17, 15) is 14.7 Å². The van der Waals surface area contributed by atoms with Crippen molar-refractivity contribution >= 4 is 11.9 Å². The molecule has 0 bridgehead atoms.